The van der Waals surface area contributed by atoms with E-state index in [0.29, 0.717) is 5.11 Å². The van der Waals surface area contributed by atoms with Gasteiger partial charge in [0, 0.05) is 31.2 Å². The fourth-order valence-corrected chi connectivity index (χ4v) is 2.32. The Hall–Kier alpha value is -1.88. The Kier molecular flexibility index (Phi) is 5.12. The Balaban J connectivity index is 1.72. The number of nitrogens with zero attached hydrogens (tertiary/aromatic N) is 2. The molecule has 20 heavy (non-hydrogen) atoms. The second-order valence-corrected chi connectivity index (χ2v) is 5.29. The van der Waals surface area contributed by atoms with Crippen molar-refractivity contribution in [3.63, 3.8) is 0 Å². The summed E-state index contributed by atoms with van der Waals surface area (Å²) < 4.78 is 1.92. The lowest BCUT2D eigenvalue weighted by Crippen LogP contribution is -2.29. The zero-order valence-corrected chi connectivity index (χ0v) is 12.7. The van der Waals surface area contributed by atoms with E-state index in [4.69, 9.17) is 12.2 Å². The third-order valence-corrected chi connectivity index (χ3v) is 3.13. The number of aromatic nitrogens is 2. The Bertz CT molecular complexity index is 543. The molecule has 2 N–H and O–H groups in total. The third kappa shape index (κ3) is 4.66. The van der Waals surface area contributed by atoms with Crippen molar-refractivity contribution < 1.29 is 0 Å². The number of rotatable bonds is 5. The molecule has 0 radical (unpaired) electrons. The maximum absolute atomic E-state index is 5.29. The van der Waals surface area contributed by atoms with E-state index in [1.807, 2.05) is 16.9 Å². The summed E-state index contributed by atoms with van der Waals surface area (Å²) in [7, 11) is 0. The quantitative estimate of drug-likeness (QED) is 0.656. The molecule has 5 heteroatoms. The molecule has 106 valence electrons. The zero-order valence-electron chi connectivity index (χ0n) is 11.9. The van der Waals surface area contributed by atoms with Crippen molar-refractivity contribution >= 4 is 23.0 Å². The molecule has 1 aromatic heterocycles. The van der Waals surface area contributed by atoms with Crippen LogP contribution in [0.25, 0.3) is 0 Å². The van der Waals surface area contributed by atoms with Crippen molar-refractivity contribution in [3.05, 3.63) is 47.8 Å². The third-order valence-electron chi connectivity index (χ3n) is 2.89. The maximum atomic E-state index is 5.29. The summed E-state index contributed by atoms with van der Waals surface area (Å²) in [5.41, 5.74) is 3.50. The van der Waals surface area contributed by atoms with E-state index in [1.165, 1.54) is 11.1 Å². The molecule has 0 unspecified atom stereocenters. The molecule has 0 saturated carbocycles. The molecular weight excluding hydrogens is 268 g/mol. The lowest BCUT2D eigenvalue weighted by molar-refractivity contribution is 0.574. The molecule has 1 heterocycles. The van der Waals surface area contributed by atoms with Crippen LogP contribution in [-0.4, -0.2) is 21.4 Å². The van der Waals surface area contributed by atoms with Gasteiger partial charge in [-0.25, -0.2) is 0 Å². The van der Waals surface area contributed by atoms with Gasteiger partial charge in [-0.05, 0) is 61.8 Å². The molecule has 0 spiro atoms. The topological polar surface area (TPSA) is 41.9 Å². The summed E-state index contributed by atoms with van der Waals surface area (Å²) in [6, 6.07) is 8.25. The second kappa shape index (κ2) is 7.05. The predicted octanol–water partition coefficient (Wildman–Crippen LogP) is 2.88. The number of hydrogen-bond acceptors (Lipinski definition) is 2. The van der Waals surface area contributed by atoms with Crippen LogP contribution in [0.5, 0.6) is 0 Å². The molecular formula is C15H20N4S. The molecule has 1 aromatic carbocycles. The van der Waals surface area contributed by atoms with E-state index in [9.17, 15) is 0 Å². The first kappa shape index (κ1) is 14.5. The first-order valence-corrected chi connectivity index (χ1v) is 7.15. The molecule has 2 aromatic rings. The van der Waals surface area contributed by atoms with E-state index in [0.717, 1.165) is 25.2 Å². The maximum Gasteiger partial charge on any atom is 0.170 e. The summed E-state index contributed by atoms with van der Waals surface area (Å²) >= 11 is 5.29. The van der Waals surface area contributed by atoms with E-state index >= 15 is 0 Å². The Morgan fingerprint density at radius 3 is 2.65 bits per heavy atom. The Morgan fingerprint density at radius 1 is 1.25 bits per heavy atom. The summed E-state index contributed by atoms with van der Waals surface area (Å²) in [6.07, 6.45) is 4.74. The molecule has 0 fully saturated rings. The van der Waals surface area contributed by atoms with Crippen LogP contribution in [-0.2, 0) is 6.54 Å². The zero-order chi connectivity index (χ0) is 14.4. The minimum atomic E-state index is 0.662. The highest BCUT2D eigenvalue weighted by Crippen LogP contribution is 2.13. The average Bonchev–Trinajstić information content (AvgIpc) is 2.86. The van der Waals surface area contributed by atoms with Crippen LogP contribution in [0.15, 0.2) is 36.7 Å². The Morgan fingerprint density at radius 2 is 2.00 bits per heavy atom. The highest BCUT2D eigenvalue weighted by Gasteiger charge is 1.99. The van der Waals surface area contributed by atoms with Crippen LogP contribution in [0.1, 0.15) is 17.5 Å². The highest BCUT2D eigenvalue weighted by molar-refractivity contribution is 7.80. The number of aryl methyl sites for hydroxylation is 3. The van der Waals surface area contributed by atoms with Gasteiger partial charge in [-0.1, -0.05) is 6.07 Å². The van der Waals surface area contributed by atoms with Gasteiger partial charge in [0.2, 0.25) is 0 Å². The van der Waals surface area contributed by atoms with Crippen LogP contribution in [0.2, 0.25) is 0 Å². The molecule has 0 saturated heterocycles. The fraction of sp³-hybridized carbons (Fsp3) is 0.333. The average molecular weight is 288 g/mol. The summed E-state index contributed by atoms with van der Waals surface area (Å²) in [4.78, 5) is 0. The standard InChI is InChI=1S/C15H20N4S/c1-12-9-13(2)11-14(10-12)18-15(20)16-5-3-7-19-8-4-6-17-19/h4,6,8-11H,3,5,7H2,1-2H3,(H2,16,18,20). The first-order chi connectivity index (χ1) is 9.63. The van der Waals surface area contributed by atoms with Gasteiger partial charge in [0.1, 0.15) is 0 Å². The van der Waals surface area contributed by atoms with Crippen LogP contribution < -0.4 is 10.6 Å². The SMILES string of the molecule is Cc1cc(C)cc(NC(=S)NCCCn2cccn2)c1. The molecule has 4 nitrogen and oxygen atoms in total. The van der Waals surface area contributed by atoms with Gasteiger partial charge in [-0.3, -0.25) is 4.68 Å². The summed E-state index contributed by atoms with van der Waals surface area (Å²) in [6.45, 7) is 5.89. The minimum Gasteiger partial charge on any atom is -0.362 e. The monoisotopic (exact) mass is 288 g/mol. The van der Waals surface area contributed by atoms with E-state index in [-0.39, 0.29) is 0 Å². The summed E-state index contributed by atoms with van der Waals surface area (Å²) in [5, 5.41) is 11.2. The normalized spacial score (nSPS) is 10.3. The lowest BCUT2D eigenvalue weighted by atomic mass is 10.1. The molecule has 0 aliphatic carbocycles. The van der Waals surface area contributed by atoms with E-state index in [2.05, 4.69) is 47.8 Å². The van der Waals surface area contributed by atoms with Crippen LogP contribution in [0.4, 0.5) is 5.69 Å². The van der Waals surface area contributed by atoms with Crippen molar-refractivity contribution in [2.45, 2.75) is 26.8 Å². The van der Waals surface area contributed by atoms with Crippen molar-refractivity contribution in [2.75, 3.05) is 11.9 Å². The highest BCUT2D eigenvalue weighted by atomic mass is 32.1. The van der Waals surface area contributed by atoms with Crippen LogP contribution >= 0.6 is 12.2 Å². The molecule has 0 bridgehead atoms. The van der Waals surface area contributed by atoms with Crippen molar-refractivity contribution in [1.29, 1.82) is 0 Å². The number of hydrogen-bond donors (Lipinski definition) is 2. The summed E-state index contributed by atoms with van der Waals surface area (Å²) in [5.74, 6) is 0. The van der Waals surface area contributed by atoms with E-state index in [1.54, 1.807) is 6.20 Å². The predicted molar refractivity (Wildman–Crippen MR) is 87.0 cm³/mol. The second-order valence-electron chi connectivity index (χ2n) is 4.88. The number of thiocarbonyl (C=S) groups is 1. The molecule has 2 rings (SSSR count). The molecule has 0 amide bonds. The molecule has 0 aliphatic heterocycles. The number of benzene rings is 1. The van der Waals surface area contributed by atoms with Gasteiger partial charge in [0.05, 0.1) is 0 Å². The van der Waals surface area contributed by atoms with Gasteiger partial charge in [-0.2, -0.15) is 5.10 Å². The lowest BCUT2D eigenvalue weighted by Gasteiger charge is -2.11. The molecule has 0 aliphatic rings. The fourth-order valence-electron chi connectivity index (χ4n) is 2.10. The van der Waals surface area contributed by atoms with Gasteiger partial charge >= 0.3 is 0 Å². The van der Waals surface area contributed by atoms with Gasteiger partial charge in [0.25, 0.3) is 0 Å². The minimum absolute atomic E-state index is 0.662. The van der Waals surface area contributed by atoms with Gasteiger partial charge < -0.3 is 10.6 Å². The van der Waals surface area contributed by atoms with Crippen molar-refractivity contribution in [1.82, 2.24) is 15.1 Å². The van der Waals surface area contributed by atoms with Crippen LogP contribution in [0.3, 0.4) is 0 Å². The van der Waals surface area contributed by atoms with Crippen LogP contribution in [0, 0.1) is 13.8 Å². The largest absolute Gasteiger partial charge is 0.362 e. The molecule has 0 atom stereocenters. The van der Waals surface area contributed by atoms with Crippen molar-refractivity contribution in [3.8, 4) is 0 Å². The van der Waals surface area contributed by atoms with Crippen molar-refractivity contribution in [2.24, 2.45) is 0 Å². The number of anilines is 1. The van der Waals surface area contributed by atoms with E-state index < -0.39 is 0 Å². The van der Waals surface area contributed by atoms with Gasteiger partial charge in [-0.15, -0.1) is 0 Å². The van der Waals surface area contributed by atoms with Gasteiger partial charge in [0.15, 0.2) is 5.11 Å². The first-order valence-electron chi connectivity index (χ1n) is 6.74. The smallest absolute Gasteiger partial charge is 0.170 e. The number of nitrogens with one attached hydrogen (secondary N) is 2. The Labute approximate surface area is 125 Å².